The maximum absolute atomic E-state index is 12.7. The molecule has 0 radical (unpaired) electrons. The van der Waals surface area contributed by atoms with E-state index in [0.29, 0.717) is 31.9 Å². The summed E-state index contributed by atoms with van der Waals surface area (Å²) in [4.78, 5) is 16.5. The fourth-order valence-corrected chi connectivity index (χ4v) is 5.04. The topological polar surface area (TPSA) is 73.0 Å². The number of carbonyl (C=O) groups excluding carboxylic acids is 1. The number of aryl methyl sites for hydroxylation is 2. The van der Waals surface area contributed by atoms with Crippen molar-refractivity contribution in [3.63, 3.8) is 0 Å². The normalized spacial score (nSPS) is 15.1. The van der Waals surface area contributed by atoms with Gasteiger partial charge in [-0.05, 0) is 55.3 Å². The highest BCUT2D eigenvalue weighted by Crippen LogP contribution is 2.22. The minimum Gasteiger partial charge on any atom is -0.377 e. The molecular formula is C22H30N4O3S. The van der Waals surface area contributed by atoms with Crippen LogP contribution in [0.5, 0.6) is 0 Å². The number of carbonyl (C=O) groups is 1. The molecule has 1 fully saturated rings. The van der Waals surface area contributed by atoms with Crippen LogP contribution in [0.4, 0.5) is 17.1 Å². The predicted octanol–water partition coefficient (Wildman–Crippen LogP) is 2.46. The van der Waals surface area contributed by atoms with Gasteiger partial charge in [-0.15, -0.1) is 0 Å². The van der Waals surface area contributed by atoms with Crippen LogP contribution in [0.2, 0.25) is 0 Å². The van der Waals surface area contributed by atoms with E-state index in [0.717, 1.165) is 16.9 Å². The minimum atomic E-state index is -3.66. The Morgan fingerprint density at radius 1 is 1.03 bits per heavy atom. The first-order valence-electron chi connectivity index (χ1n) is 10.0. The Bertz CT molecular complexity index is 1010. The third-order valence-electron chi connectivity index (χ3n) is 5.27. The second kappa shape index (κ2) is 9.06. The molecule has 2 aromatic rings. The van der Waals surface area contributed by atoms with E-state index >= 15 is 0 Å². The molecule has 8 heteroatoms. The number of hydrogen-bond donors (Lipinski definition) is 1. The van der Waals surface area contributed by atoms with Crippen LogP contribution >= 0.6 is 0 Å². The first-order chi connectivity index (χ1) is 14.2. The van der Waals surface area contributed by atoms with Crippen LogP contribution in [0.15, 0.2) is 42.5 Å². The molecule has 1 saturated heterocycles. The van der Waals surface area contributed by atoms with E-state index in [1.807, 2.05) is 63.2 Å². The van der Waals surface area contributed by atoms with Crippen molar-refractivity contribution in [1.82, 2.24) is 4.31 Å². The average molecular weight is 431 g/mol. The number of anilines is 3. The predicted molar refractivity (Wildman–Crippen MR) is 123 cm³/mol. The second-order valence-corrected chi connectivity index (χ2v) is 9.89. The maximum atomic E-state index is 12.7. The van der Waals surface area contributed by atoms with Gasteiger partial charge in [0.05, 0.1) is 0 Å². The molecule has 0 unspecified atom stereocenters. The zero-order chi connectivity index (χ0) is 21.9. The molecule has 0 bridgehead atoms. The van der Waals surface area contributed by atoms with Gasteiger partial charge in [0.25, 0.3) is 0 Å². The molecule has 0 atom stereocenters. The zero-order valence-corrected chi connectivity index (χ0v) is 18.9. The van der Waals surface area contributed by atoms with E-state index < -0.39 is 21.7 Å². The maximum Gasteiger partial charge on any atom is 0.241 e. The first-order valence-corrected chi connectivity index (χ1v) is 11.6. The number of sulfonamides is 1. The van der Waals surface area contributed by atoms with E-state index in [1.54, 1.807) is 6.07 Å². The molecule has 1 amide bonds. The van der Waals surface area contributed by atoms with Crippen LogP contribution in [0.1, 0.15) is 11.1 Å². The largest absolute Gasteiger partial charge is 0.377 e. The van der Waals surface area contributed by atoms with E-state index in [1.165, 1.54) is 9.87 Å². The fourth-order valence-electron chi connectivity index (χ4n) is 3.74. The van der Waals surface area contributed by atoms with E-state index in [4.69, 9.17) is 0 Å². The van der Waals surface area contributed by atoms with Crippen molar-refractivity contribution in [2.24, 2.45) is 0 Å². The summed E-state index contributed by atoms with van der Waals surface area (Å²) in [6.07, 6.45) is 0. The molecule has 0 aliphatic carbocycles. The Morgan fingerprint density at radius 2 is 1.73 bits per heavy atom. The molecular weight excluding hydrogens is 400 g/mol. The average Bonchev–Trinajstić information content (AvgIpc) is 2.67. The minimum absolute atomic E-state index is 0.375. The van der Waals surface area contributed by atoms with Crippen LogP contribution in [-0.2, 0) is 14.8 Å². The van der Waals surface area contributed by atoms with Crippen LogP contribution in [0.3, 0.4) is 0 Å². The smallest absolute Gasteiger partial charge is 0.241 e. The summed E-state index contributed by atoms with van der Waals surface area (Å²) in [7, 11) is 0.239. The summed E-state index contributed by atoms with van der Waals surface area (Å²) in [6.45, 7) is 5.96. The van der Waals surface area contributed by atoms with Crippen molar-refractivity contribution in [1.29, 1.82) is 0 Å². The summed E-state index contributed by atoms with van der Waals surface area (Å²) < 4.78 is 26.9. The quantitative estimate of drug-likeness (QED) is 0.762. The van der Waals surface area contributed by atoms with Gasteiger partial charge in [0, 0.05) is 57.3 Å². The molecule has 1 aliphatic rings. The lowest BCUT2D eigenvalue weighted by Gasteiger charge is -2.35. The molecule has 2 aromatic carbocycles. The van der Waals surface area contributed by atoms with Gasteiger partial charge in [-0.2, -0.15) is 4.31 Å². The summed E-state index contributed by atoms with van der Waals surface area (Å²) in [5, 5.41) is 2.71. The Kier molecular flexibility index (Phi) is 6.67. The summed E-state index contributed by atoms with van der Waals surface area (Å²) >= 11 is 0. The third-order valence-corrected chi connectivity index (χ3v) is 7.05. The highest BCUT2D eigenvalue weighted by atomic mass is 32.2. The Morgan fingerprint density at radius 3 is 2.33 bits per heavy atom. The number of nitrogens with zero attached hydrogens (tertiary/aromatic N) is 3. The van der Waals surface area contributed by atoms with Gasteiger partial charge in [0.15, 0.2) is 0 Å². The Balaban J connectivity index is 1.57. The first kappa shape index (κ1) is 22.1. The van der Waals surface area contributed by atoms with Gasteiger partial charge in [0.1, 0.15) is 5.75 Å². The van der Waals surface area contributed by atoms with Gasteiger partial charge >= 0.3 is 0 Å². The lowest BCUT2D eigenvalue weighted by molar-refractivity contribution is -0.113. The summed E-state index contributed by atoms with van der Waals surface area (Å²) in [5.41, 5.74) is 4.93. The monoisotopic (exact) mass is 430 g/mol. The van der Waals surface area contributed by atoms with Gasteiger partial charge < -0.3 is 15.1 Å². The highest BCUT2D eigenvalue weighted by molar-refractivity contribution is 7.89. The lowest BCUT2D eigenvalue weighted by atomic mass is 10.1. The van der Waals surface area contributed by atoms with Gasteiger partial charge in [-0.25, -0.2) is 8.42 Å². The van der Waals surface area contributed by atoms with Crippen molar-refractivity contribution >= 4 is 33.0 Å². The van der Waals surface area contributed by atoms with E-state index in [2.05, 4.69) is 16.3 Å². The molecule has 30 heavy (non-hydrogen) atoms. The Hall–Kier alpha value is -2.58. The lowest BCUT2D eigenvalue weighted by Crippen LogP contribution is -2.50. The number of hydrogen-bond acceptors (Lipinski definition) is 5. The van der Waals surface area contributed by atoms with Crippen LogP contribution in [0.25, 0.3) is 0 Å². The third kappa shape index (κ3) is 5.31. The van der Waals surface area contributed by atoms with E-state index in [9.17, 15) is 13.2 Å². The molecule has 0 saturated carbocycles. The summed E-state index contributed by atoms with van der Waals surface area (Å²) in [6, 6.07) is 13.7. The molecule has 1 N–H and O–H groups in total. The molecule has 0 spiro atoms. The summed E-state index contributed by atoms with van der Waals surface area (Å²) in [5.74, 6) is -1.07. The molecule has 7 nitrogen and oxygen atoms in total. The van der Waals surface area contributed by atoms with Crippen molar-refractivity contribution in [3.8, 4) is 0 Å². The fraction of sp³-hybridized carbons (Fsp3) is 0.409. The SMILES string of the molecule is Cc1cccc(N2CCN(S(=O)(=O)CC(=O)Nc3ccc(N(C)C)c(C)c3)CC2)c1. The van der Waals surface area contributed by atoms with Crippen LogP contribution < -0.4 is 15.1 Å². The molecule has 1 heterocycles. The molecule has 0 aromatic heterocycles. The standard InChI is InChI=1S/C22H30N4O3S/c1-17-6-5-7-20(14-17)25-10-12-26(13-11-25)30(28,29)16-22(27)23-19-8-9-21(24(3)4)18(2)15-19/h5-9,14-15H,10-13,16H2,1-4H3,(H,23,27). The van der Waals surface area contributed by atoms with Crippen molar-refractivity contribution in [2.75, 3.05) is 61.1 Å². The van der Waals surface area contributed by atoms with Crippen LogP contribution in [-0.4, -0.2) is 64.7 Å². The molecule has 1 aliphatic heterocycles. The van der Waals surface area contributed by atoms with Crippen molar-refractivity contribution in [3.05, 3.63) is 53.6 Å². The number of nitrogens with one attached hydrogen (secondary N) is 1. The highest BCUT2D eigenvalue weighted by Gasteiger charge is 2.29. The zero-order valence-electron chi connectivity index (χ0n) is 18.1. The second-order valence-electron chi connectivity index (χ2n) is 7.93. The van der Waals surface area contributed by atoms with Gasteiger partial charge in [-0.1, -0.05) is 12.1 Å². The molecule has 162 valence electrons. The molecule has 3 rings (SSSR count). The number of benzene rings is 2. The number of rotatable bonds is 6. The van der Waals surface area contributed by atoms with E-state index in [-0.39, 0.29) is 0 Å². The Labute approximate surface area is 179 Å². The van der Waals surface area contributed by atoms with Gasteiger partial charge in [0.2, 0.25) is 15.9 Å². The van der Waals surface area contributed by atoms with Crippen molar-refractivity contribution in [2.45, 2.75) is 13.8 Å². The van der Waals surface area contributed by atoms with Crippen molar-refractivity contribution < 1.29 is 13.2 Å². The van der Waals surface area contributed by atoms with Gasteiger partial charge in [-0.3, -0.25) is 4.79 Å². The number of piperazine rings is 1. The number of amides is 1. The van der Waals surface area contributed by atoms with Crippen LogP contribution in [0, 0.1) is 13.8 Å².